The average Bonchev–Trinajstić information content (AvgIpc) is 2.77. The van der Waals surface area contributed by atoms with E-state index in [0.29, 0.717) is 35.9 Å². The van der Waals surface area contributed by atoms with Crippen molar-refractivity contribution in [1.29, 1.82) is 0 Å². The number of anilines is 2. The number of nitrogens with zero attached hydrogens (tertiary/aromatic N) is 7. The van der Waals surface area contributed by atoms with Gasteiger partial charge in [-0.1, -0.05) is 17.2 Å². The molecule has 2 heterocycles. The predicted octanol–water partition coefficient (Wildman–Crippen LogP) is 5.68. The second-order valence-corrected chi connectivity index (χ2v) is 10.1. The molecule has 2 aromatic rings. The zero-order valence-corrected chi connectivity index (χ0v) is 22.1. The molecule has 0 atom stereocenters. The topological polar surface area (TPSA) is 134 Å². The number of rotatable bonds is 8. The Morgan fingerprint density at radius 3 is 2.00 bits per heavy atom. The smallest absolute Gasteiger partial charge is 0.416 e. The summed E-state index contributed by atoms with van der Waals surface area (Å²) in [6.07, 6.45) is -0.214. The first kappa shape index (κ1) is 28.4. The highest BCUT2D eigenvalue weighted by molar-refractivity contribution is 5.87. The van der Waals surface area contributed by atoms with Crippen molar-refractivity contribution in [3.05, 3.63) is 58.2 Å². The van der Waals surface area contributed by atoms with Gasteiger partial charge in [-0.3, -0.25) is 9.80 Å². The van der Waals surface area contributed by atoms with Crippen molar-refractivity contribution in [2.45, 2.75) is 65.6 Å². The molecule has 0 fully saturated rings. The van der Waals surface area contributed by atoms with Crippen LogP contribution in [0.15, 0.2) is 41.5 Å². The molecule has 0 N–H and O–H groups in total. The van der Waals surface area contributed by atoms with Crippen LogP contribution >= 0.6 is 0 Å². The molecule has 194 valence electrons. The van der Waals surface area contributed by atoms with E-state index in [4.69, 9.17) is 15.0 Å². The summed E-state index contributed by atoms with van der Waals surface area (Å²) in [5, 5.41) is 3.55. The van der Waals surface area contributed by atoms with Crippen LogP contribution in [0, 0.1) is 0 Å². The molecular weight excluding hydrogens is 462 g/mol. The third kappa shape index (κ3) is 9.42. The van der Waals surface area contributed by atoms with Crippen LogP contribution < -0.4 is 9.80 Å². The van der Waals surface area contributed by atoms with Gasteiger partial charge in [-0.05, 0) is 77.8 Å². The van der Waals surface area contributed by atoms with Crippen LogP contribution in [0.3, 0.4) is 0 Å². The first-order valence-electron chi connectivity index (χ1n) is 11.7. The first-order valence-corrected chi connectivity index (χ1v) is 11.7. The Morgan fingerprint density at radius 1 is 0.889 bits per heavy atom. The number of azide groups is 1. The maximum absolute atomic E-state index is 13.1. The number of aromatic nitrogens is 2. The molecule has 36 heavy (non-hydrogen) atoms. The van der Waals surface area contributed by atoms with Crippen molar-refractivity contribution in [1.82, 2.24) is 9.97 Å². The maximum atomic E-state index is 13.1. The highest BCUT2D eigenvalue weighted by Crippen LogP contribution is 2.19. The highest BCUT2D eigenvalue weighted by Gasteiger charge is 2.25. The van der Waals surface area contributed by atoms with E-state index >= 15 is 0 Å². The minimum atomic E-state index is -0.692. The largest absolute Gasteiger partial charge is 0.443 e. The molecule has 0 aliphatic carbocycles. The van der Waals surface area contributed by atoms with E-state index < -0.39 is 23.4 Å². The SMILES string of the molecule is CN(C(=O)OC(C)(C)C)c1cccc(CCN(C(=O)OC(C)(C)C)c2cccc(CCN=[N+]=[N-])n2)n1. The molecule has 0 aliphatic rings. The van der Waals surface area contributed by atoms with Crippen molar-refractivity contribution in [3.8, 4) is 0 Å². The Labute approximate surface area is 212 Å². The summed E-state index contributed by atoms with van der Waals surface area (Å²) in [6, 6.07) is 10.7. The lowest BCUT2D eigenvalue weighted by molar-refractivity contribution is 0.0572. The van der Waals surface area contributed by atoms with Gasteiger partial charge in [0.25, 0.3) is 0 Å². The van der Waals surface area contributed by atoms with Crippen molar-refractivity contribution >= 4 is 23.8 Å². The van der Waals surface area contributed by atoms with Gasteiger partial charge in [0.05, 0.1) is 0 Å². The molecule has 2 amide bonds. The van der Waals surface area contributed by atoms with E-state index in [9.17, 15) is 9.59 Å². The van der Waals surface area contributed by atoms with Crippen LogP contribution in [-0.2, 0) is 22.3 Å². The Bertz CT molecular complexity index is 1100. The molecule has 0 bridgehead atoms. The molecule has 0 unspecified atom stereocenters. The molecular formula is C25H35N7O4. The zero-order chi connectivity index (χ0) is 26.9. The van der Waals surface area contributed by atoms with Gasteiger partial charge >= 0.3 is 12.2 Å². The molecule has 11 nitrogen and oxygen atoms in total. The van der Waals surface area contributed by atoms with E-state index in [1.165, 1.54) is 9.80 Å². The Hall–Kier alpha value is -3.85. The summed E-state index contributed by atoms with van der Waals surface area (Å²) in [4.78, 5) is 40.2. The van der Waals surface area contributed by atoms with Crippen molar-refractivity contribution in [2.24, 2.45) is 5.11 Å². The zero-order valence-electron chi connectivity index (χ0n) is 22.1. The van der Waals surface area contributed by atoms with Crippen LogP contribution in [0.5, 0.6) is 0 Å². The van der Waals surface area contributed by atoms with Gasteiger partial charge in [-0.25, -0.2) is 19.6 Å². The molecule has 0 radical (unpaired) electrons. The fourth-order valence-electron chi connectivity index (χ4n) is 3.03. The number of hydrogen-bond acceptors (Lipinski definition) is 7. The van der Waals surface area contributed by atoms with E-state index in [1.807, 2.05) is 6.07 Å². The molecule has 0 saturated heterocycles. The van der Waals surface area contributed by atoms with Crippen LogP contribution in [0.4, 0.5) is 21.2 Å². The van der Waals surface area contributed by atoms with E-state index in [0.717, 1.165) is 0 Å². The minimum absolute atomic E-state index is 0.244. The fraction of sp³-hybridized carbons (Fsp3) is 0.520. The van der Waals surface area contributed by atoms with Gasteiger partial charge in [0, 0.05) is 42.9 Å². The summed E-state index contributed by atoms with van der Waals surface area (Å²) in [5.74, 6) is 0.855. The minimum Gasteiger partial charge on any atom is -0.443 e. The predicted molar refractivity (Wildman–Crippen MR) is 138 cm³/mol. The maximum Gasteiger partial charge on any atom is 0.416 e. The number of hydrogen-bond donors (Lipinski definition) is 0. The molecule has 0 saturated carbocycles. The third-order valence-corrected chi connectivity index (χ3v) is 4.61. The lowest BCUT2D eigenvalue weighted by Gasteiger charge is -2.27. The Balaban J connectivity index is 2.24. The molecule has 11 heteroatoms. The van der Waals surface area contributed by atoms with Gasteiger partial charge in [-0.15, -0.1) is 0 Å². The van der Waals surface area contributed by atoms with Crippen LogP contribution in [0.1, 0.15) is 52.9 Å². The standard InChI is InChI=1S/C25H35N7O4/c1-24(2,3)35-22(33)31(7)20-12-8-11-19(28-20)15-17-32(23(34)36-25(4,5)6)21-13-9-10-18(29-21)14-16-27-30-26/h8-13H,14-17H2,1-7H3. The van der Waals surface area contributed by atoms with Crippen molar-refractivity contribution in [3.63, 3.8) is 0 Å². The fourth-order valence-corrected chi connectivity index (χ4v) is 3.03. The highest BCUT2D eigenvalue weighted by atomic mass is 16.6. The quantitative estimate of drug-likeness (QED) is 0.261. The molecule has 0 spiro atoms. The van der Waals surface area contributed by atoms with Crippen LogP contribution in [0.2, 0.25) is 0 Å². The Morgan fingerprint density at radius 2 is 1.42 bits per heavy atom. The van der Waals surface area contributed by atoms with Gasteiger partial charge in [0.15, 0.2) is 0 Å². The summed E-state index contributed by atoms with van der Waals surface area (Å²) in [7, 11) is 1.60. The van der Waals surface area contributed by atoms with Crippen molar-refractivity contribution < 1.29 is 19.1 Å². The molecule has 2 rings (SSSR count). The number of amides is 2. The number of ether oxygens (including phenoxy) is 2. The number of pyridine rings is 2. The molecule has 2 aromatic heterocycles. The van der Waals surface area contributed by atoms with E-state index in [-0.39, 0.29) is 13.1 Å². The average molecular weight is 498 g/mol. The molecule has 0 aliphatic heterocycles. The summed E-state index contributed by atoms with van der Waals surface area (Å²) < 4.78 is 11.0. The van der Waals surface area contributed by atoms with Gasteiger partial charge in [0.1, 0.15) is 22.8 Å². The van der Waals surface area contributed by atoms with Crippen LogP contribution in [0.25, 0.3) is 10.4 Å². The lowest BCUT2D eigenvalue weighted by atomic mass is 10.2. The first-order chi connectivity index (χ1) is 16.8. The second-order valence-electron chi connectivity index (χ2n) is 10.1. The third-order valence-electron chi connectivity index (χ3n) is 4.61. The summed E-state index contributed by atoms with van der Waals surface area (Å²) in [6.45, 7) is 11.3. The number of carbonyl (C=O) groups is 2. The van der Waals surface area contributed by atoms with Crippen molar-refractivity contribution in [2.75, 3.05) is 29.9 Å². The van der Waals surface area contributed by atoms with E-state index in [2.05, 4.69) is 20.0 Å². The normalized spacial score (nSPS) is 11.3. The second kappa shape index (κ2) is 12.2. The summed E-state index contributed by atoms with van der Waals surface area (Å²) >= 11 is 0. The monoisotopic (exact) mass is 497 g/mol. The summed E-state index contributed by atoms with van der Waals surface area (Å²) in [5.41, 5.74) is 8.56. The molecule has 0 aromatic carbocycles. The van der Waals surface area contributed by atoms with Gasteiger partial charge in [0.2, 0.25) is 0 Å². The lowest BCUT2D eigenvalue weighted by Crippen LogP contribution is -2.39. The van der Waals surface area contributed by atoms with Gasteiger partial charge in [-0.2, -0.15) is 0 Å². The van der Waals surface area contributed by atoms with Crippen LogP contribution in [-0.4, -0.2) is 53.5 Å². The van der Waals surface area contributed by atoms with E-state index in [1.54, 1.807) is 78.9 Å². The Kier molecular flexibility index (Phi) is 9.63. The van der Waals surface area contributed by atoms with Gasteiger partial charge < -0.3 is 9.47 Å². The number of carbonyl (C=O) groups excluding carboxylic acids is 2.